The molecule has 0 spiro atoms. The maximum absolute atomic E-state index is 10.3. The fraction of sp³-hybridized carbons (Fsp3) is 0.867. The Morgan fingerprint density at radius 1 is 1.10 bits per heavy atom. The van der Waals surface area contributed by atoms with E-state index in [1.807, 2.05) is 0 Å². The van der Waals surface area contributed by atoms with Gasteiger partial charge in [-0.25, -0.2) is 0 Å². The first-order valence-electron chi connectivity index (χ1n) is 13.8. The van der Waals surface area contributed by atoms with Crippen LogP contribution in [0.1, 0.15) is 112 Å². The Labute approximate surface area is 193 Å². The van der Waals surface area contributed by atoms with Gasteiger partial charge >= 0.3 is 0 Å². The minimum Gasteiger partial charge on any atom is -0.393 e. The van der Waals surface area contributed by atoms with Crippen molar-refractivity contribution in [3.8, 4) is 0 Å². The Morgan fingerprint density at radius 2 is 1.87 bits per heavy atom. The van der Waals surface area contributed by atoms with Crippen LogP contribution in [0.3, 0.4) is 0 Å². The van der Waals surface area contributed by atoms with Crippen molar-refractivity contribution in [2.24, 2.45) is 46.3 Å². The fourth-order valence-electron chi connectivity index (χ4n) is 9.35. The third-order valence-electron chi connectivity index (χ3n) is 11.3. The number of aliphatic hydroxyl groups excluding tert-OH is 1. The number of hydrogen-bond acceptors (Lipinski definition) is 1. The molecule has 176 valence electrons. The van der Waals surface area contributed by atoms with Crippen LogP contribution in [0.25, 0.3) is 0 Å². The van der Waals surface area contributed by atoms with Crippen molar-refractivity contribution in [3.05, 3.63) is 23.3 Å². The molecular formula is C30H50O. The smallest absolute Gasteiger partial charge is 0.0577 e. The molecule has 0 aromatic carbocycles. The maximum atomic E-state index is 10.3. The first-order valence-corrected chi connectivity index (χ1v) is 13.8. The van der Waals surface area contributed by atoms with E-state index < -0.39 is 0 Å². The van der Waals surface area contributed by atoms with Crippen LogP contribution in [0.2, 0.25) is 0 Å². The van der Waals surface area contributed by atoms with Gasteiger partial charge in [-0.1, -0.05) is 57.9 Å². The number of rotatable bonds is 6. The van der Waals surface area contributed by atoms with Crippen molar-refractivity contribution in [2.75, 3.05) is 0 Å². The fourth-order valence-corrected chi connectivity index (χ4v) is 9.35. The van der Waals surface area contributed by atoms with Gasteiger partial charge in [-0.3, -0.25) is 0 Å². The van der Waals surface area contributed by atoms with E-state index in [4.69, 9.17) is 0 Å². The van der Waals surface area contributed by atoms with Gasteiger partial charge in [0.1, 0.15) is 0 Å². The topological polar surface area (TPSA) is 20.2 Å². The molecule has 4 aliphatic rings. The highest BCUT2D eigenvalue weighted by molar-refractivity contribution is 5.25. The molecule has 0 aromatic heterocycles. The Kier molecular flexibility index (Phi) is 6.85. The Balaban J connectivity index is 1.46. The van der Waals surface area contributed by atoms with E-state index in [-0.39, 0.29) is 6.10 Å². The number of aliphatic hydroxyl groups is 1. The molecule has 3 fully saturated rings. The lowest BCUT2D eigenvalue weighted by Gasteiger charge is -2.58. The van der Waals surface area contributed by atoms with E-state index in [1.165, 1.54) is 57.8 Å². The van der Waals surface area contributed by atoms with Gasteiger partial charge in [0.2, 0.25) is 0 Å². The third kappa shape index (κ3) is 4.00. The monoisotopic (exact) mass is 426 g/mol. The quantitative estimate of drug-likeness (QED) is 0.423. The van der Waals surface area contributed by atoms with E-state index in [9.17, 15) is 5.11 Å². The minimum atomic E-state index is -0.0837. The second-order valence-electron chi connectivity index (χ2n) is 12.6. The van der Waals surface area contributed by atoms with Gasteiger partial charge < -0.3 is 5.11 Å². The highest BCUT2D eigenvalue weighted by atomic mass is 16.3. The van der Waals surface area contributed by atoms with Crippen LogP contribution >= 0.6 is 0 Å². The summed E-state index contributed by atoms with van der Waals surface area (Å²) in [6.45, 7) is 14.8. The van der Waals surface area contributed by atoms with Gasteiger partial charge in [0.05, 0.1) is 6.10 Å². The van der Waals surface area contributed by atoms with Crippen molar-refractivity contribution in [3.63, 3.8) is 0 Å². The zero-order valence-corrected chi connectivity index (χ0v) is 21.4. The van der Waals surface area contributed by atoms with E-state index in [2.05, 4.69) is 53.7 Å². The van der Waals surface area contributed by atoms with E-state index in [0.717, 1.165) is 48.3 Å². The Morgan fingerprint density at radius 3 is 2.58 bits per heavy atom. The predicted molar refractivity (Wildman–Crippen MR) is 133 cm³/mol. The summed E-state index contributed by atoms with van der Waals surface area (Å²) < 4.78 is 0. The zero-order valence-electron chi connectivity index (χ0n) is 21.4. The highest BCUT2D eigenvalue weighted by Crippen LogP contribution is 2.67. The Bertz CT molecular complexity index is 703. The molecule has 4 aliphatic carbocycles. The largest absolute Gasteiger partial charge is 0.393 e. The molecule has 1 heteroatoms. The zero-order chi connectivity index (χ0) is 22.4. The maximum Gasteiger partial charge on any atom is 0.0577 e. The first-order chi connectivity index (χ1) is 14.7. The van der Waals surface area contributed by atoms with Crippen LogP contribution in [0.4, 0.5) is 0 Å². The average molecular weight is 427 g/mol. The summed E-state index contributed by atoms with van der Waals surface area (Å²) in [5.41, 5.74) is 4.21. The molecule has 3 saturated carbocycles. The van der Waals surface area contributed by atoms with Gasteiger partial charge in [-0.2, -0.15) is 0 Å². The summed E-state index contributed by atoms with van der Waals surface area (Å²) in [5, 5.41) is 10.3. The summed E-state index contributed by atoms with van der Waals surface area (Å²) in [5.74, 6) is 5.23. The third-order valence-corrected chi connectivity index (χ3v) is 11.3. The van der Waals surface area contributed by atoms with E-state index >= 15 is 0 Å². The summed E-state index contributed by atoms with van der Waals surface area (Å²) in [4.78, 5) is 0. The molecule has 0 heterocycles. The van der Waals surface area contributed by atoms with E-state index in [0.29, 0.717) is 10.8 Å². The normalized spacial score (nSPS) is 44.7. The second kappa shape index (κ2) is 9.00. The number of hydrogen-bond donors (Lipinski definition) is 1. The predicted octanol–water partition coefficient (Wildman–Crippen LogP) is 8.34. The SMILES string of the molecule is CC=C(CC)C(C)CCC(C)C1CCC2C3CC=C4CC(O)CCC4(C)C3CCC12C. The first kappa shape index (κ1) is 23.6. The van der Waals surface area contributed by atoms with Crippen molar-refractivity contribution >= 4 is 0 Å². The van der Waals surface area contributed by atoms with Crippen LogP contribution in [0.15, 0.2) is 23.3 Å². The minimum absolute atomic E-state index is 0.0837. The summed E-state index contributed by atoms with van der Waals surface area (Å²) in [7, 11) is 0. The van der Waals surface area contributed by atoms with Crippen molar-refractivity contribution < 1.29 is 5.11 Å². The Hall–Kier alpha value is -0.560. The molecule has 0 amide bonds. The van der Waals surface area contributed by atoms with Crippen molar-refractivity contribution in [1.82, 2.24) is 0 Å². The second-order valence-corrected chi connectivity index (χ2v) is 12.6. The molecule has 0 aromatic rings. The molecule has 9 atom stereocenters. The van der Waals surface area contributed by atoms with Crippen molar-refractivity contribution in [1.29, 1.82) is 0 Å². The highest BCUT2D eigenvalue weighted by Gasteiger charge is 2.59. The average Bonchev–Trinajstić information content (AvgIpc) is 3.10. The van der Waals surface area contributed by atoms with Crippen LogP contribution in [-0.4, -0.2) is 11.2 Å². The summed E-state index contributed by atoms with van der Waals surface area (Å²) >= 11 is 0. The lowest BCUT2D eigenvalue weighted by molar-refractivity contribution is -0.0573. The molecule has 1 N–H and O–H groups in total. The molecule has 1 nitrogen and oxygen atoms in total. The van der Waals surface area contributed by atoms with Crippen LogP contribution < -0.4 is 0 Å². The van der Waals surface area contributed by atoms with Crippen LogP contribution in [0.5, 0.6) is 0 Å². The van der Waals surface area contributed by atoms with Gasteiger partial charge in [-0.05, 0) is 124 Å². The lowest BCUT2D eigenvalue weighted by atomic mass is 9.47. The number of allylic oxidation sites excluding steroid dienone is 3. The van der Waals surface area contributed by atoms with Gasteiger partial charge in [0.25, 0.3) is 0 Å². The van der Waals surface area contributed by atoms with Gasteiger partial charge in [-0.15, -0.1) is 0 Å². The molecule has 0 bridgehead atoms. The summed E-state index contributed by atoms with van der Waals surface area (Å²) in [6.07, 6.45) is 19.1. The van der Waals surface area contributed by atoms with Crippen LogP contribution in [-0.2, 0) is 0 Å². The van der Waals surface area contributed by atoms with Gasteiger partial charge in [0, 0.05) is 0 Å². The molecule has 4 rings (SSSR count). The molecule has 0 aliphatic heterocycles. The van der Waals surface area contributed by atoms with Crippen LogP contribution in [0, 0.1) is 46.3 Å². The summed E-state index contributed by atoms with van der Waals surface area (Å²) in [6, 6.07) is 0. The van der Waals surface area contributed by atoms with E-state index in [1.54, 1.807) is 11.1 Å². The molecule has 0 saturated heterocycles. The standard InChI is InChI=1S/C30H50O/c1-7-22(8-2)20(3)9-10-21(4)26-13-14-27-25-12-11-23-19-24(31)15-17-29(23,5)28(25)16-18-30(26,27)6/h7,11,20-21,24-28,31H,8-10,12-19H2,1-6H3. The molecule has 31 heavy (non-hydrogen) atoms. The molecular weight excluding hydrogens is 376 g/mol. The van der Waals surface area contributed by atoms with Crippen molar-refractivity contribution in [2.45, 2.75) is 118 Å². The lowest BCUT2D eigenvalue weighted by Crippen LogP contribution is -2.50. The number of fused-ring (bicyclic) bond motifs is 5. The molecule has 0 radical (unpaired) electrons. The van der Waals surface area contributed by atoms with Gasteiger partial charge in [0.15, 0.2) is 0 Å². The molecule has 9 unspecified atom stereocenters.